The molecule has 2 heterocycles. The fourth-order valence-electron chi connectivity index (χ4n) is 2.91. The van der Waals surface area contributed by atoms with E-state index in [1.54, 1.807) is 20.8 Å². The number of alkyl carbamates (subject to hydrolysis) is 1. The summed E-state index contributed by atoms with van der Waals surface area (Å²) in [5, 5.41) is 3.14. The smallest absolute Gasteiger partial charge is 0.407 e. The van der Waals surface area contributed by atoms with Crippen molar-refractivity contribution >= 4 is 27.0 Å². The van der Waals surface area contributed by atoms with Gasteiger partial charge in [0.2, 0.25) is 0 Å². The highest BCUT2D eigenvalue weighted by Crippen LogP contribution is 2.27. The summed E-state index contributed by atoms with van der Waals surface area (Å²) < 4.78 is 59.5. The Morgan fingerprint density at radius 3 is 2.63 bits per heavy atom. The molecule has 3 rings (SSSR count). The predicted octanol–water partition coefficient (Wildman–Crippen LogP) is 3.62. The van der Waals surface area contributed by atoms with Crippen molar-refractivity contribution in [3.05, 3.63) is 60.1 Å². The number of halogens is 2. The van der Waals surface area contributed by atoms with Crippen molar-refractivity contribution in [2.24, 2.45) is 0 Å². The molecule has 1 amide bonds. The summed E-state index contributed by atoms with van der Waals surface area (Å²) in [7, 11) is -4.32. The number of carbonyl (C=O) groups excluding carboxylic acids is 1. The molecule has 30 heavy (non-hydrogen) atoms. The molecule has 0 atom stereocenters. The minimum Gasteiger partial charge on any atom is -0.444 e. The molecule has 7 nitrogen and oxygen atoms in total. The predicted molar refractivity (Wildman–Crippen MR) is 107 cm³/mol. The first kappa shape index (κ1) is 21.7. The van der Waals surface area contributed by atoms with Crippen LogP contribution >= 0.6 is 0 Å². The lowest BCUT2D eigenvalue weighted by atomic mass is 10.1. The second-order valence-corrected chi connectivity index (χ2v) is 9.38. The number of nitrogens with zero attached hydrogens (tertiary/aromatic N) is 2. The van der Waals surface area contributed by atoms with E-state index in [0.29, 0.717) is 22.5 Å². The maximum Gasteiger partial charge on any atom is 0.407 e. The van der Waals surface area contributed by atoms with Crippen LogP contribution in [-0.4, -0.2) is 35.6 Å². The van der Waals surface area contributed by atoms with E-state index in [1.807, 2.05) is 0 Å². The van der Waals surface area contributed by atoms with Gasteiger partial charge < -0.3 is 10.1 Å². The first-order valence-electron chi connectivity index (χ1n) is 9.10. The summed E-state index contributed by atoms with van der Waals surface area (Å²) >= 11 is 0. The molecule has 160 valence electrons. The van der Waals surface area contributed by atoms with Crippen LogP contribution in [0.25, 0.3) is 10.9 Å². The molecular weight excluding hydrogens is 416 g/mol. The molecule has 0 fully saturated rings. The number of hydrogen-bond acceptors (Lipinski definition) is 5. The third-order valence-corrected chi connectivity index (χ3v) is 5.85. The zero-order chi connectivity index (χ0) is 22.1. The van der Waals surface area contributed by atoms with E-state index in [1.165, 1.54) is 24.7 Å². The number of ether oxygens (including phenoxy) is 1. The summed E-state index contributed by atoms with van der Waals surface area (Å²) in [5.41, 5.74) is 0.235. The average Bonchev–Trinajstić information content (AvgIpc) is 3.00. The van der Waals surface area contributed by atoms with Gasteiger partial charge in [-0.25, -0.2) is 26.0 Å². The van der Waals surface area contributed by atoms with Crippen LogP contribution < -0.4 is 5.32 Å². The lowest BCUT2D eigenvalue weighted by Crippen LogP contribution is -2.33. The van der Waals surface area contributed by atoms with Crippen LogP contribution in [0.4, 0.5) is 13.6 Å². The Balaban J connectivity index is 1.92. The molecule has 0 aliphatic heterocycles. The monoisotopic (exact) mass is 437 g/mol. The molecule has 2 aromatic heterocycles. The van der Waals surface area contributed by atoms with Gasteiger partial charge in [0.15, 0.2) is 0 Å². The fourth-order valence-corrected chi connectivity index (χ4v) is 4.35. The number of amides is 1. The van der Waals surface area contributed by atoms with Gasteiger partial charge in [0.25, 0.3) is 10.0 Å². The van der Waals surface area contributed by atoms with Crippen molar-refractivity contribution in [2.75, 3.05) is 6.54 Å². The van der Waals surface area contributed by atoms with Gasteiger partial charge in [-0.15, -0.1) is 0 Å². The maximum atomic E-state index is 14.2. The van der Waals surface area contributed by atoms with E-state index in [9.17, 15) is 22.0 Å². The van der Waals surface area contributed by atoms with Crippen molar-refractivity contribution < 1.29 is 26.7 Å². The number of nitrogens with one attached hydrogen (secondary N) is 1. The third kappa shape index (κ3) is 4.59. The summed E-state index contributed by atoms with van der Waals surface area (Å²) in [6, 6.07) is 3.77. The van der Waals surface area contributed by atoms with Crippen LogP contribution in [0.5, 0.6) is 0 Å². The van der Waals surface area contributed by atoms with E-state index in [0.717, 1.165) is 16.1 Å². The first-order chi connectivity index (χ1) is 14.0. The van der Waals surface area contributed by atoms with Crippen LogP contribution in [0.2, 0.25) is 0 Å². The van der Waals surface area contributed by atoms with E-state index in [4.69, 9.17) is 4.74 Å². The van der Waals surface area contributed by atoms with Crippen molar-refractivity contribution in [3.63, 3.8) is 0 Å². The number of hydrogen-bond donors (Lipinski definition) is 1. The fraction of sp³-hybridized carbons (Fsp3) is 0.300. The van der Waals surface area contributed by atoms with Crippen LogP contribution in [-0.2, 0) is 21.2 Å². The number of aromatic nitrogens is 2. The van der Waals surface area contributed by atoms with E-state index < -0.39 is 38.2 Å². The largest absolute Gasteiger partial charge is 0.444 e. The van der Waals surface area contributed by atoms with Crippen molar-refractivity contribution in [2.45, 2.75) is 37.7 Å². The quantitative estimate of drug-likeness (QED) is 0.659. The summed E-state index contributed by atoms with van der Waals surface area (Å²) in [6.45, 7) is 5.41. The normalized spacial score (nSPS) is 12.2. The molecule has 10 heteroatoms. The standard InChI is InChI=1S/C20H21F2N3O4S/c1-20(2,3)29-19(26)24-9-6-13-12-25(17-7-8-23-11-15(13)17)30(27,28)18-5-4-14(21)10-16(18)22/h4-5,7-8,10-12H,6,9H2,1-3H3,(H,24,26). The van der Waals surface area contributed by atoms with Gasteiger partial charge >= 0.3 is 6.09 Å². The Hall–Kier alpha value is -3.01. The number of benzene rings is 1. The molecule has 0 radical (unpaired) electrons. The molecule has 0 spiro atoms. The van der Waals surface area contributed by atoms with Gasteiger partial charge in [-0.05, 0) is 51.0 Å². The van der Waals surface area contributed by atoms with E-state index in [2.05, 4.69) is 10.3 Å². The zero-order valence-electron chi connectivity index (χ0n) is 16.6. The Morgan fingerprint density at radius 2 is 1.97 bits per heavy atom. The molecule has 3 aromatic rings. The minimum atomic E-state index is -4.32. The number of fused-ring (bicyclic) bond motifs is 1. The van der Waals surface area contributed by atoms with Crippen LogP contribution in [0.15, 0.2) is 47.8 Å². The molecule has 0 aliphatic carbocycles. The summed E-state index contributed by atoms with van der Waals surface area (Å²) in [5.74, 6) is -2.05. The van der Waals surface area contributed by atoms with Gasteiger partial charge in [0, 0.05) is 36.6 Å². The maximum absolute atomic E-state index is 14.2. The lowest BCUT2D eigenvalue weighted by Gasteiger charge is -2.19. The van der Waals surface area contributed by atoms with Gasteiger partial charge in [0.1, 0.15) is 22.1 Å². The second kappa shape index (κ2) is 8.02. The van der Waals surface area contributed by atoms with Gasteiger partial charge in [0.05, 0.1) is 5.52 Å². The first-order valence-corrected chi connectivity index (χ1v) is 10.5. The van der Waals surface area contributed by atoms with Crippen LogP contribution in [0.3, 0.4) is 0 Å². The van der Waals surface area contributed by atoms with Crippen molar-refractivity contribution in [1.29, 1.82) is 0 Å². The third-order valence-electron chi connectivity index (χ3n) is 4.15. The van der Waals surface area contributed by atoms with Gasteiger partial charge in [-0.2, -0.15) is 0 Å². The van der Waals surface area contributed by atoms with Gasteiger partial charge in [-0.3, -0.25) is 4.98 Å². The number of pyridine rings is 1. The highest BCUT2D eigenvalue weighted by molar-refractivity contribution is 7.90. The molecular formula is C20H21F2N3O4S. The summed E-state index contributed by atoms with van der Waals surface area (Å²) in [6.07, 6.45) is 3.95. The van der Waals surface area contributed by atoms with E-state index >= 15 is 0 Å². The van der Waals surface area contributed by atoms with Crippen LogP contribution in [0.1, 0.15) is 26.3 Å². The molecule has 1 N–H and O–H groups in total. The minimum absolute atomic E-state index is 0.188. The highest BCUT2D eigenvalue weighted by atomic mass is 32.2. The number of carbonyl (C=O) groups is 1. The average molecular weight is 437 g/mol. The topological polar surface area (TPSA) is 90.3 Å². The Labute approximate surface area is 172 Å². The number of rotatable bonds is 5. The summed E-state index contributed by atoms with van der Waals surface area (Å²) in [4.78, 5) is 15.2. The Morgan fingerprint density at radius 1 is 1.23 bits per heavy atom. The van der Waals surface area contributed by atoms with Crippen LogP contribution in [0, 0.1) is 11.6 Å². The Bertz CT molecular complexity index is 1200. The molecule has 1 aromatic carbocycles. The SMILES string of the molecule is CC(C)(C)OC(=O)NCCc1cn(S(=O)(=O)c2ccc(F)cc2F)c2ccncc12. The zero-order valence-corrected chi connectivity index (χ0v) is 17.5. The van der Waals surface area contributed by atoms with Crippen molar-refractivity contribution in [3.8, 4) is 0 Å². The molecule has 0 unspecified atom stereocenters. The molecule has 0 aliphatic rings. The molecule has 0 bridgehead atoms. The van der Waals surface area contributed by atoms with E-state index in [-0.39, 0.29) is 13.0 Å². The molecule has 0 saturated heterocycles. The second-order valence-electron chi connectivity index (χ2n) is 7.60. The van der Waals surface area contributed by atoms with Crippen molar-refractivity contribution in [1.82, 2.24) is 14.3 Å². The Kier molecular flexibility index (Phi) is 5.80. The van der Waals surface area contributed by atoms with Gasteiger partial charge in [-0.1, -0.05) is 0 Å². The highest BCUT2D eigenvalue weighted by Gasteiger charge is 2.25. The lowest BCUT2D eigenvalue weighted by molar-refractivity contribution is 0.0528. The molecule has 0 saturated carbocycles.